The number of hydrogen-bond donors (Lipinski definition) is 0. The van der Waals surface area contributed by atoms with Gasteiger partial charge in [0.2, 0.25) is 5.69 Å². The largest absolute Gasteiger partial charge is 0.778 e. The first-order chi connectivity index (χ1) is 15.1. The Morgan fingerprint density at radius 2 is 1.53 bits per heavy atom. The number of nitrogens with zero attached hydrogens (tertiary/aromatic N) is 2. The molecule has 2 aromatic rings. The number of likely N-dealkylation sites (N-methyl/N-ethyl adjacent to an activating group) is 1. The predicted molar refractivity (Wildman–Crippen MR) is 134 cm³/mol. The molecule has 0 atom stereocenters. The van der Waals surface area contributed by atoms with Crippen LogP contribution in [-0.4, -0.2) is 30.2 Å². The average Bonchev–Trinajstić information content (AvgIpc) is 3.09. The van der Waals surface area contributed by atoms with Crippen molar-refractivity contribution in [1.82, 2.24) is 0 Å². The average molecular weight is 441 g/mol. The molecule has 2 heterocycles. The molecule has 2 aromatic carbocycles. The number of Topliss-reactive ketones (excluding diaryl/α,β-unsaturated/α-hetero) is 1. The summed E-state index contributed by atoms with van der Waals surface area (Å²) in [6.07, 6.45) is 4.01. The molecule has 0 spiro atoms. The van der Waals surface area contributed by atoms with Crippen molar-refractivity contribution in [2.75, 3.05) is 19.0 Å². The van der Waals surface area contributed by atoms with Gasteiger partial charge >= 0.3 is 0 Å². The second-order valence-electron chi connectivity index (χ2n) is 9.95. The third-order valence-corrected chi connectivity index (χ3v) is 7.86. The van der Waals surface area contributed by atoms with Gasteiger partial charge in [-0.2, -0.15) is 9.48 Å². The van der Waals surface area contributed by atoms with Crippen LogP contribution >= 0.6 is 0 Å². The van der Waals surface area contributed by atoms with E-state index in [-0.39, 0.29) is 16.6 Å². The molecular weight excluding hydrogens is 412 g/mol. The zero-order chi connectivity index (χ0) is 23.0. The Labute approximate surface area is 195 Å². The van der Waals surface area contributed by atoms with Crippen molar-refractivity contribution in [3.8, 4) is 0 Å². The highest BCUT2D eigenvalue weighted by atomic mass is 32.1. The number of fused-ring (bicyclic) bond motifs is 2. The van der Waals surface area contributed by atoms with E-state index in [9.17, 15) is 4.79 Å². The van der Waals surface area contributed by atoms with Crippen LogP contribution in [0.15, 0.2) is 82.4 Å². The van der Waals surface area contributed by atoms with Crippen molar-refractivity contribution in [3.05, 3.63) is 93.6 Å². The van der Waals surface area contributed by atoms with Gasteiger partial charge in [0.05, 0.1) is 5.41 Å². The van der Waals surface area contributed by atoms with Crippen LogP contribution in [0.25, 0.3) is 0 Å². The van der Waals surface area contributed by atoms with Crippen LogP contribution in [0.1, 0.15) is 38.8 Å². The molecule has 0 aromatic heterocycles. The monoisotopic (exact) mass is 440 g/mol. The molecule has 0 bridgehead atoms. The topological polar surface area (TPSA) is 23.3 Å². The molecule has 1 aliphatic carbocycles. The maximum Gasteiger partial charge on any atom is 0.209 e. The normalized spacial score (nSPS) is 23.2. The molecule has 0 N–H and O–H groups in total. The Morgan fingerprint density at radius 3 is 2.16 bits per heavy atom. The van der Waals surface area contributed by atoms with Gasteiger partial charge in [-0.05, 0) is 31.6 Å². The molecule has 4 heteroatoms. The van der Waals surface area contributed by atoms with Crippen LogP contribution in [0.3, 0.4) is 0 Å². The highest BCUT2D eigenvalue weighted by Gasteiger charge is 2.44. The van der Waals surface area contributed by atoms with Gasteiger partial charge in [-0.15, -0.1) is 0 Å². The summed E-state index contributed by atoms with van der Waals surface area (Å²) in [5, 5.41) is 0. The van der Waals surface area contributed by atoms with Crippen molar-refractivity contribution in [2.24, 2.45) is 0 Å². The lowest BCUT2D eigenvalue weighted by Crippen LogP contribution is -2.30. The van der Waals surface area contributed by atoms with Gasteiger partial charge in [-0.25, -0.2) is 0 Å². The van der Waals surface area contributed by atoms with Gasteiger partial charge < -0.3 is 17.5 Å². The maximum atomic E-state index is 13.2. The highest BCUT2D eigenvalue weighted by Crippen LogP contribution is 2.48. The standard InChI is InChI=1S/C28H28N2OS/c1-27(2)19-11-7-9-13-21(19)29(5)23(27)15-17-25(31)18(26(17)32)16-24-28(3,4)20-12-8-10-14-22(20)30(24)6/h7-16H,1-6H3. The summed E-state index contributed by atoms with van der Waals surface area (Å²) in [5.74, 6) is 0.0373. The zero-order valence-electron chi connectivity index (χ0n) is 19.5. The van der Waals surface area contributed by atoms with E-state index in [0.717, 1.165) is 11.4 Å². The number of ketones is 1. The Morgan fingerprint density at radius 1 is 0.906 bits per heavy atom. The second kappa shape index (κ2) is 6.76. The first-order valence-corrected chi connectivity index (χ1v) is 11.4. The molecule has 0 radical (unpaired) electrons. The van der Waals surface area contributed by atoms with Gasteiger partial charge in [0.1, 0.15) is 7.05 Å². The minimum absolute atomic E-state index is 0.0373. The summed E-state index contributed by atoms with van der Waals surface area (Å²) in [5.41, 5.74) is 8.02. The number of carbonyl (C=O) groups is 1. The molecule has 32 heavy (non-hydrogen) atoms. The van der Waals surface area contributed by atoms with E-state index >= 15 is 0 Å². The number of para-hydroxylation sites is 2. The van der Waals surface area contributed by atoms with Crippen LogP contribution in [0.2, 0.25) is 0 Å². The molecule has 5 rings (SSSR count). The lowest BCUT2D eigenvalue weighted by molar-refractivity contribution is -0.401. The number of allylic oxidation sites excluding steroid dienone is 5. The highest BCUT2D eigenvalue weighted by molar-refractivity contribution is 7.64. The van der Waals surface area contributed by atoms with Crippen LogP contribution in [0.5, 0.6) is 0 Å². The molecule has 0 saturated heterocycles. The fourth-order valence-electron chi connectivity index (χ4n) is 5.49. The summed E-state index contributed by atoms with van der Waals surface area (Å²) >= 11 is 5.75. The van der Waals surface area contributed by atoms with E-state index in [1.54, 1.807) is 0 Å². The number of hydrogen-bond acceptors (Lipinski definition) is 3. The minimum Gasteiger partial charge on any atom is -0.778 e. The Kier molecular flexibility index (Phi) is 4.41. The summed E-state index contributed by atoms with van der Waals surface area (Å²) in [6, 6.07) is 16.8. The summed E-state index contributed by atoms with van der Waals surface area (Å²) < 4.78 is 2.18. The van der Waals surface area contributed by atoms with Crippen molar-refractivity contribution < 1.29 is 9.37 Å². The van der Waals surface area contributed by atoms with Crippen molar-refractivity contribution in [2.45, 2.75) is 38.5 Å². The Hall–Kier alpha value is -2.98. The van der Waals surface area contributed by atoms with E-state index < -0.39 is 0 Å². The molecule has 2 aliphatic heterocycles. The fraction of sp³-hybridized carbons (Fsp3) is 0.286. The molecule has 162 valence electrons. The number of carbonyl (C=O) groups excluding carboxylic acids is 1. The van der Waals surface area contributed by atoms with Gasteiger partial charge in [0, 0.05) is 52.7 Å². The summed E-state index contributed by atoms with van der Waals surface area (Å²) in [6.45, 7) is 8.81. The van der Waals surface area contributed by atoms with E-state index in [1.807, 2.05) is 12.2 Å². The molecule has 0 amide bonds. The van der Waals surface area contributed by atoms with Crippen LogP contribution in [0, 0.1) is 0 Å². The van der Waals surface area contributed by atoms with Crippen LogP contribution < -0.4 is 4.90 Å². The third-order valence-electron chi connectivity index (χ3n) is 7.42. The van der Waals surface area contributed by atoms with Gasteiger partial charge in [0.15, 0.2) is 11.5 Å². The van der Waals surface area contributed by atoms with E-state index in [1.165, 1.54) is 22.5 Å². The van der Waals surface area contributed by atoms with E-state index in [2.05, 4.69) is 99.8 Å². The molecule has 0 unspecified atom stereocenters. The summed E-state index contributed by atoms with van der Waals surface area (Å²) in [4.78, 5) is 16.1. The minimum atomic E-state index is -0.183. The van der Waals surface area contributed by atoms with E-state index in [0.29, 0.717) is 16.1 Å². The van der Waals surface area contributed by atoms with Crippen molar-refractivity contribution in [1.29, 1.82) is 0 Å². The summed E-state index contributed by atoms with van der Waals surface area (Å²) in [7, 11) is 4.12. The predicted octanol–water partition coefficient (Wildman–Crippen LogP) is 5.31. The van der Waals surface area contributed by atoms with Gasteiger partial charge in [0.25, 0.3) is 0 Å². The molecule has 0 saturated carbocycles. The number of benzene rings is 2. The SMILES string of the molecule is CN1/C(=C/C2=C([S-])C(=C/C3=[N+](C)c4ccccc4C3(C)C)/C2=O)C(C)(C)c2ccccc21. The first kappa shape index (κ1) is 20.9. The molecule has 0 fully saturated rings. The third kappa shape index (κ3) is 2.65. The fourth-order valence-corrected chi connectivity index (χ4v) is 5.79. The lowest BCUT2D eigenvalue weighted by Gasteiger charge is -2.32. The number of rotatable bonds is 2. The smallest absolute Gasteiger partial charge is 0.209 e. The zero-order valence-corrected chi connectivity index (χ0v) is 20.3. The van der Waals surface area contributed by atoms with Gasteiger partial charge in [-0.1, -0.05) is 50.2 Å². The Bertz CT molecular complexity index is 1320. The van der Waals surface area contributed by atoms with E-state index in [4.69, 9.17) is 12.6 Å². The molecular formula is C28H28N2OS. The Balaban J connectivity index is 1.55. The van der Waals surface area contributed by atoms with Crippen molar-refractivity contribution in [3.63, 3.8) is 0 Å². The first-order valence-electron chi connectivity index (χ1n) is 11.0. The molecule has 3 aliphatic rings. The number of anilines is 1. The maximum absolute atomic E-state index is 13.2. The van der Waals surface area contributed by atoms with Crippen LogP contribution in [0.4, 0.5) is 11.4 Å². The van der Waals surface area contributed by atoms with Crippen LogP contribution in [-0.2, 0) is 28.3 Å². The van der Waals surface area contributed by atoms with Gasteiger partial charge in [-0.3, -0.25) is 4.79 Å². The quantitative estimate of drug-likeness (QED) is 0.359. The lowest BCUT2D eigenvalue weighted by atomic mass is 9.78. The second-order valence-corrected chi connectivity index (χ2v) is 10.4. The molecule has 3 nitrogen and oxygen atoms in total. The van der Waals surface area contributed by atoms with Crippen molar-refractivity contribution >= 4 is 35.5 Å².